The molecule has 9 aromatic carbocycles. The van der Waals surface area contributed by atoms with Crippen LogP contribution in [-0.4, -0.2) is 16.2 Å². The SMILES string of the molecule is c1ccc(C2=NC(c3ccc4c(c3)c3cc(-c5ccccc5)cc5c3n4-c3ccc(-c4ccccc4)cc3C5(c3ccccc3)c3ccccc3)N=C(c3ccccc3)N2)cc1. The molecule has 0 atom stereocenters. The van der Waals surface area contributed by atoms with Crippen LogP contribution in [0.2, 0.25) is 0 Å². The van der Waals surface area contributed by atoms with Crippen molar-refractivity contribution in [1.29, 1.82) is 0 Å². The summed E-state index contributed by atoms with van der Waals surface area (Å²) in [6.07, 6.45) is -0.459. The minimum absolute atomic E-state index is 0.459. The number of rotatable bonds is 7. The van der Waals surface area contributed by atoms with Gasteiger partial charge < -0.3 is 9.88 Å². The molecule has 1 N–H and O–H groups in total. The Morgan fingerprint density at radius 2 is 0.871 bits per heavy atom. The van der Waals surface area contributed by atoms with Gasteiger partial charge >= 0.3 is 0 Å². The molecule has 10 aromatic rings. The van der Waals surface area contributed by atoms with Gasteiger partial charge in [-0.05, 0) is 86.5 Å². The monoisotopic (exact) mass is 792 g/mol. The number of hydrogen-bond donors (Lipinski definition) is 1. The van der Waals surface area contributed by atoms with E-state index in [0.29, 0.717) is 0 Å². The van der Waals surface area contributed by atoms with Crippen LogP contribution in [0, 0.1) is 0 Å². The zero-order valence-corrected chi connectivity index (χ0v) is 33.9. The molecule has 292 valence electrons. The first kappa shape index (κ1) is 35.8. The van der Waals surface area contributed by atoms with Crippen LogP contribution >= 0.6 is 0 Å². The molecule has 12 rings (SSSR count). The Morgan fingerprint density at radius 3 is 1.42 bits per heavy atom. The second-order valence-corrected chi connectivity index (χ2v) is 16.2. The predicted octanol–water partition coefficient (Wildman–Crippen LogP) is 13.3. The van der Waals surface area contributed by atoms with Crippen molar-refractivity contribution < 1.29 is 0 Å². The quantitative estimate of drug-likeness (QED) is 0.172. The zero-order valence-electron chi connectivity index (χ0n) is 33.9. The first-order valence-electron chi connectivity index (χ1n) is 21.3. The molecule has 0 saturated heterocycles. The second-order valence-electron chi connectivity index (χ2n) is 16.2. The number of fused-ring (bicyclic) bond motifs is 5. The van der Waals surface area contributed by atoms with Gasteiger partial charge in [-0.1, -0.05) is 194 Å². The van der Waals surface area contributed by atoms with Crippen LogP contribution in [0.1, 0.15) is 45.1 Å². The molecule has 4 heteroatoms. The minimum atomic E-state index is -0.655. The number of nitrogens with one attached hydrogen (secondary N) is 1. The number of aromatic nitrogens is 1. The van der Waals surface area contributed by atoms with Crippen LogP contribution in [0.4, 0.5) is 0 Å². The lowest BCUT2D eigenvalue weighted by atomic mass is 9.62. The van der Waals surface area contributed by atoms with Gasteiger partial charge in [0.15, 0.2) is 6.17 Å². The van der Waals surface area contributed by atoms with Crippen molar-refractivity contribution >= 4 is 33.5 Å². The van der Waals surface area contributed by atoms with Crippen molar-refractivity contribution in [2.75, 3.05) is 0 Å². The van der Waals surface area contributed by atoms with Crippen molar-refractivity contribution in [1.82, 2.24) is 9.88 Å². The topological polar surface area (TPSA) is 41.7 Å². The summed E-state index contributed by atoms with van der Waals surface area (Å²) < 4.78 is 2.52. The van der Waals surface area contributed by atoms with E-state index in [1.807, 2.05) is 12.1 Å². The standard InChI is InChI=1S/C58H40N4/c1-7-19-39(20-8-1)43-31-34-53-50(37-43)58(46-27-15-5-16-28-46,47-29-17-6-18-30-47)51-38-45(40-21-9-2-10-22-40)36-49-48-35-44(32-33-52(48)62(53)54(49)51)57-60-55(41-23-11-3-12-24-41)59-56(61-57)42-25-13-4-14-26-42/h1-38,57H,(H,59,60,61). The lowest BCUT2D eigenvalue weighted by molar-refractivity contribution is 0.728. The Hall–Kier alpha value is -8.08. The minimum Gasteiger partial charge on any atom is -0.324 e. The predicted molar refractivity (Wildman–Crippen MR) is 255 cm³/mol. The van der Waals surface area contributed by atoms with Crippen LogP contribution in [0.25, 0.3) is 49.7 Å². The van der Waals surface area contributed by atoms with Gasteiger partial charge in [-0.3, -0.25) is 0 Å². The highest BCUT2D eigenvalue weighted by atomic mass is 15.2. The molecule has 3 heterocycles. The molecular weight excluding hydrogens is 753 g/mol. The Kier molecular flexibility index (Phi) is 8.42. The molecule has 0 spiro atoms. The third-order valence-electron chi connectivity index (χ3n) is 12.7. The molecule has 62 heavy (non-hydrogen) atoms. The lowest BCUT2D eigenvalue weighted by Gasteiger charge is -2.42. The second kappa shape index (κ2) is 14.6. The summed E-state index contributed by atoms with van der Waals surface area (Å²) in [6, 6.07) is 83.3. The third-order valence-corrected chi connectivity index (χ3v) is 12.7. The van der Waals surface area contributed by atoms with Crippen LogP contribution in [-0.2, 0) is 5.41 Å². The summed E-state index contributed by atoms with van der Waals surface area (Å²) in [5, 5.41) is 5.93. The normalized spacial score (nSPS) is 14.2. The summed E-state index contributed by atoms with van der Waals surface area (Å²) in [5.74, 6) is 1.61. The smallest absolute Gasteiger partial charge is 0.169 e. The fourth-order valence-electron chi connectivity index (χ4n) is 9.90. The average Bonchev–Trinajstić information content (AvgIpc) is 3.69. The number of benzene rings is 9. The summed E-state index contributed by atoms with van der Waals surface area (Å²) >= 11 is 0. The summed E-state index contributed by atoms with van der Waals surface area (Å²) in [5.41, 5.74) is 15.6. The molecule has 0 amide bonds. The average molecular weight is 793 g/mol. The van der Waals surface area contributed by atoms with Crippen LogP contribution < -0.4 is 5.32 Å². The molecule has 0 aliphatic carbocycles. The van der Waals surface area contributed by atoms with Crippen molar-refractivity contribution in [3.63, 3.8) is 0 Å². The molecule has 0 radical (unpaired) electrons. The number of amidine groups is 2. The molecule has 2 aliphatic rings. The number of aliphatic imine (C=N–C) groups is 2. The van der Waals surface area contributed by atoms with E-state index in [1.165, 1.54) is 61.1 Å². The largest absolute Gasteiger partial charge is 0.324 e. The number of hydrogen-bond acceptors (Lipinski definition) is 3. The maximum absolute atomic E-state index is 5.30. The maximum atomic E-state index is 5.30. The third kappa shape index (κ3) is 5.68. The van der Waals surface area contributed by atoms with E-state index in [4.69, 9.17) is 9.98 Å². The van der Waals surface area contributed by atoms with Gasteiger partial charge in [0, 0.05) is 21.9 Å². The number of nitrogens with zero attached hydrogens (tertiary/aromatic N) is 3. The first-order valence-corrected chi connectivity index (χ1v) is 21.3. The molecule has 1 aromatic heterocycles. The molecule has 4 nitrogen and oxygen atoms in total. The van der Waals surface area contributed by atoms with Crippen LogP contribution in [0.15, 0.2) is 241 Å². The molecule has 0 bridgehead atoms. The summed E-state index contributed by atoms with van der Waals surface area (Å²) in [7, 11) is 0. The van der Waals surface area contributed by atoms with Crippen LogP contribution in [0.3, 0.4) is 0 Å². The van der Waals surface area contributed by atoms with E-state index < -0.39 is 11.6 Å². The van der Waals surface area contributed by atoms with Crippen LogP contribution in [0.5, 0.6) is 0 Å². The highest BCUT2D eigenvalue weighted by Crippen LogP contribution is 2.56. The maximum Gasteiger partial charge on any atom is 0.169 e. The fraction of sp³-hybridized carbons (Fsp3) is 0.0345. The van der Waals surface area contributed by atoms with E-state index in [2.05, 4.69) is 228 Å². The van der Waals surface area contributed by atoms with E-state index in [0.717, 1.165) is 39.3 Å². The molecular formula is C58H40N4. The zero-order chi connectivity index (χ0) is 41.0. The van der Waals surface area contributed by atoms with Gasteiger partial charge in [0.05, 0.1) is 22.1 Å². The Labute approximate surface area is 360 Å². The first-order chi connectivity index (χ1) is 30.7. The van der Waals surface area contributed by atoms with Gasteiger partial charge in [0.1, 0.15) is 11.7 Å². The fourth-order valence-corrected chi connectivity index (χ4v) is 9.90. The van der Waals surface area contributed by atoms with Gasteiger partial charge in [0.2, 0.25) is 0 Å². The Bertz CT molecular complexity index is 3240. The van der Waals surface area contributed by atoms with E-state index >= 15 is 0 Å². The van der Waals surface area contributed by atoms with Gasteiger partial charge in [-0.25, -0.2) is 9.98 Å². The summed E-state index contributed by atoms with van der Waals surface area (Å²) in [4.78, 5) is 10.6. The molecule has 0 saturated carbocycles. The van der Waals surface area contributed by atoms with Crippen molar-refractivity contribution in [3.05, 3.63) is 269 Å². The molecule has 0 fully saturated rings. The Morgan fingerprint density at radius 1 is 0.387 bits per heavy atom. The molecule has 2 aliphatic heterocycles. The Balaban J connectivity index is 1.19. The highest BCUT2D eigenvalue weighted by Gasteiger charge is 2.46. The van der Waals surface area contributed by atoms with Gasteiger partial charge in [-0.2, -0.15) is 0 Å². The highest BCUT2D eigenvalue weighted by molar-refractivity contribution is 6.16. The lowest BCUT2D eigenvalue weighted by Crippen LogP contribution is -2.36. The van der Waals surface area contributed by atoms with E-state index in [1.54, 1.807) is 0 Å². The van der Waals surface area contributed by atoms with Crippen molar-refractivity contribution in [2.24, 2.45) is 9.98 Å². The molecule has 0 unspecified atom stereocenters. The summed E-state index contributed by atoms with van der Waals surface area (Å²) in [6.45, 7) is 0. The van der Waals surface area contributed by atoms with Gasteiger partial charge in [0.25, 0.3) is 0 Å². The van der Waals surface area contributed by atoms with E-state index in [-0.39, 0.29) is 0 Å². The van der Waals surface area contributed by atoms with E-state index in [9.17, 15) is 0 Å². The van der Waals surface area contributed by atoms with Crippen molar-refractivity contribution in [2.45, 2.75) is 11.6 Å². The van der Waals surface area contributed by atoms with Crippen molar-refractivity contribution in [3.8, 4) is 27.9 Å². The van der Waals surface area contributed by atoms with Gasteiger partial charge in [-0.15, -0.1) is 0 Å².